The zero-order chi connectivity index (χ0) is 21.7. The van der Waals surface area contributed by atoms with E-state index in [1.54, 1.807) is 13.8 Å². The van der Waals surface area contributed by atoms with Crippen LogP contribution in [0.15, 0.2) is 60.7 Å². The molecule has 5 heteroatoms. The zero-order valence-electron chi connectivity index (χ0n) is 17.5. The topological polar surface area (TPSA) is 69.7 Å². The van der Waals surface area contributed by atoms with E-state index in [9.17, 15) is 14.4 Å². The van der Waals surface area contributed by atoms with E-state index < -0.39 is 34.6 Å². The second-order valence-corrected chi connectivity index (χ2v) is 8.22. The van der Waals surface area contributed by atoms with Gasteiger partial charge in [0.05, 0.1) is 36.9 Å². The van der Waals surface area contributed by atoms with Crippen molar-refractivity contribution in [3.05, 3.63) is 71.8 Å². The summed E-state index contributed by atoms with van der Waals surface area (Å²) >= 11 is 0. The number of allylic oxidation sites excluding steroid dienone is 2. The van der Waals surface area contributed by atoms with Crippen LogP contribution in [0.1, 0.15) is 25.0 Å². The highest BCUT2D eigenvalue weighted by atomic mass is 16.5. The molecule has 1 fully saturated rings. The van der Waals surface area contributed by atoms with Crippen molar-refractivity contribution in [2.75, 3.05) is 14.2 Å². The van der Waals surface area contributed by atoms with Crippen LogP contribution in [0.4, 0.5) is 0 Å². The third-order valence-electron chi connectivity index (χ3n) is 6.84. The SMILES string of the molecule is COC(=O)[C@@H]1[C@H](C(=O)OC)[C@@]2(C)C(=O)[C@@]1(C)C(c1ccccc1)=C2c1ccccc1. The van der Waals surface area contributed by atoms with Gasteiger partial charge in [0.25, 0.3) is 0 Å². The number of ether oxygens (including phenoxy) is 2. The number of fused-ring (bicyclic) bond motifs is 2. The van der Waals surface area contributed by atoms with Gasteiger partial charge < -0.3 is 9.47 Å². The molecule has 0 N–H and O–H groups in total. The van der Waals surface area contributed by atoms with Crippen LogP contribution in [-0.4, -0.2) is 31.9 Å². The zero-order valence-corrected chi connectivity index (χ0v) is 17.5. The maximum Gasteiger partial charge on any atom is 0.310 e. The molecule has 0 saturated heterocycles. The fraction of sp³-hybridized carbons (Fsp3) is 0.320. The summed E-state index contributed by atoms with van der Waals surface area (Å²) in [6.07, 6.45) is 0. The molecule has 2 aliphatic carbocycles. The lowest BCUT2D eigenvalue weighted by molar-refractivity contribution is -0.160. The van der Waals surface area contributed by atoms with Gasteiger partial charge in [0, 0.05) is 0 Å². The highest BCUT2D eigenvalue weighted by Gasteiger charge is 2.76. The normalized spacial score (nSPS) is 29.8. The highest BCUT2D eigenvalue weighted by molar-refractivity contribution is 6.26. The van der Waals surface area contributed by atoms with Gasteiger partial charge in [-0.1, -0.05) is 60.7 Å². The molecular weight excluding hydrogens is 380 g/mol. The summed E-state index contributed by atoms with van der Waals surface area (Å²) in [5.74, 6) is -3.24. The van der Waals surface area contributed by atoms with Crippen LogP contribution in [0.3, 0.4) is 0 Å². The number of carbonyl (C=O) groups is 3. The first kappa shape index (κ1) is 20.1. The lowest BCUT2D eigenvalue weighted by Gasteiger charge is -2.39. The fourth-order valence-electron chi connectivity index (χ4n) is 5.64. The fourth-order valence-corrected chi connectivity index (χ4v) is 5.64. The van der Waals surface area contributed by atoms with E-state index in [2.05, 4.69) is 0 Å². The van der Waals surface area contributed by atoms with Crippen molar-refractivity contribution in [3.63, 3.8) is 0 Å². The summed E-state index contributed by atoms with van der Waals surface area (Å²) in [6.45, 7) is 3.52. The molecule has 4 rings (SSSR count). The third kappa shape index (κ3) is 2.38. The molecule has 5 nitrogen and oxygen atoms in total. The van der Waals surface area contributed by atoms with E-state index in [-0.39, 0.29) is 5.78 Å². The number of Topliss-reactive ketones (excluding diaryl/α,β-unsaturated/α-hetero) is 1. The molecule has 0 spiro atoms. The summed E-state index contributed by atoms with van der Waals surface area (Å²) in [4.78, 5) is 39.9. The van der Waals surface area contributed by atoms with Crippen LogP contribution < -0.4 is 0 Å². The Morgan fingerprint density at radius 3 is 1.33 bits per heavy atom. The Morgan fingerprint density at radius 2 is 1.03 bits per heavy atom. The Balaban J connectivity index is 2.12. The average Bonchev–Trinajstić information content (AvgIpc) is 3.07. The van der Waals surface area contributed by atoms with Gasteiger partial charge in [-0.3, -0.25) is 14.4 Å². The van der Waals surface area contributed by atoms with Gasteiger partial charge in [0.1, 0.15) is 0 Å². The minimum atomic E-state index is -1.22. The van der Waals surface area contributed by atoms with Gasteiger partial charge in [-0.15, -0.1) is 0 Å². The smallest absolute Gasteiger partial charge is 0.310 e. The second kappa shape index (κ2) is 6.94. The van der Waals surface area contributed by atoms with Gasteiger partial charge in [0.2, 0.25) is 0 Å². The Morgan fingerprint density at radius 1 is 0.700 bits per heavy atom. The molecule has 4 atom stereocenters. The molecule has 0 amide bonds. The summed E-state index contributed by atoms with van der Waals surface area (Å²) < 4.78 is 10.1. The molecule has 1 saturated carbocycles. The van der Waals surface area contributed by atoms with E-state index in [1.165, 1.54) is 14.2 Å². The van der Waals surface area contributed by atoms with Crippen molar-refractivity contribution in [3.8, 4) is 0 Å². The predicted molar refractivity (Wildman–Crippen MR) is 112 cm³/mol. The van der Waals surface area contributed by atoms with Crippen LogP contribution in [0.5, 0.6) is 0 Å². The quantitative estimate of drug-likeness (QED) is 0.726. The second-order valence-electron chi connectivity index (χ2n) is 8.22. The number of esters is 2. The first-order chi connectivity index (χ1) is 14.3. The van der Waals surface area contributed by atoms with Crippen molar-refractivity contribution in [2.45, 2.75) is 13.8 Å². The Hall–Kier alpha value is -3.21. The van der Waals surface area contributed by atoms with Crippen molar-refractivity contribution < 1.29 is 23.9 Å². The van der Waals surface area contributed by atoms with E-state index in [4.69, 9.17) is 9.47 Å². The molecule has 2 aliphatic rings. The number of ketones is 1. The largest absolute Gasteiger partial charge is 0.469 e. The van der Waals surface area contributed by atoms with Crippen LogP contribution >= 0.6 is 0 Å². The Kier molecular flexibility index (Phi) is 4.64. The monoisotopic (exact) mass is 404 g/mol. The maximum absolute atomic E-state index is 14.0. The average molecular weight is 404 g/mol. The van der Waals surface area contributed by atoms with Gasteiger partial charge in [-0.2, -0.15) is 0 Å². The Labute approximate surface area is 175 Å². The third-order valence-corrected chi connectivity index (χ3v) is 6.84. The van der Waals surface area contributed by atoms with Crippen LogP contribution in [-0.2, 0) is 23.9 Å². The number of carbonyl (C=O) groups excluding carboxylic acids is 3. The van der Waals surface area contributed by atoms with Crippen molar-refractivity contribution in [1.29, 1.82) is 0 Å². The maximum atomic E-state index is 14.0. The molecule has 2 aromatic rings. The van der Waals surface area contributed by atoms with Crippen LogP contribution in [0, 0.1) is 22.7 Å². The summed E-state index contributed by atoms with van der Waals surface area (Å²) in [5, 5.41) is 0. The van der Waals surface area contributed by atoms with Gasteiger partial charge in [-0.25, -0.2) is 0 Å². The molecule has 0 heterocycles. The van der Waals surface area contributed by atoms with E-state index in [1.807, 2.05) is 60.7 Å². The first-order valence-corrected chi connectivity index (χ1v) is 9.90. The molecule has 2 aromatic carbocycles. The standard InChI is InChI=1S/C25H24O5/c1-24-17(15-11-7-5-8-12-15)18(16-13-9-6-10-14-16)25(2,23(24)28)20(22(27)30-4)19(24)21(26)29-3/h5-14,19-20H,1-4H3/t19-,20+,24-,25-/m0/s1. The number of hydrogen-bond donors (Lipinski definition) is 0. The van der Waals surface area contributed by atoms with Gasteiger partial charge >= 0.3 is 11.9 Å². The molecule has 0 radical (unpaired) electrons. The summed E-state index contributed by atoms with van der Waals surface area (Å²) in [5.41, 5.74) is 0.830. The highest BCUT2D eigenvalue weighted by Crippen LogP contribution is 2.71. The lowest BCUT2D eigenvalue weighted by atomic mass is 9.62. The minimum Gasteiger partial charge on any atom is -0.469 e. The minimum absolute atomic E-state index is 0.154. The molecule has 154 valence electrons. The molecular formula is C25H24O5. The molecule has 0 aliphatic heterocycles. The molecule has 0 aromatic heterocycles. The van der Waals surface area contributed by atoms with Crippen LogP contribution in [0.2, 0.25) is 0 Å². The number of methoxy groups -OCH3 is 2. The number of hydrogen-bond acceptors (Lipinski definition) is 5. The molecule has 30 heavy (non-hydrogen) atoms. The number of benzene rings is 2. The Bertz CT molecular complexity index is 972. The molecule has 0 unspecified atom stereocenters. The lowest BCUT2D eigenvalue weighted by Crippen LogP contribution is -2.43. The first-order valence-electron chi connectivity index (χ1n) is 9.90. The summed E-state index contributed by atoms with van der Waals surface area (Å²) in [7, 11) is 2.56. The van der Waals surface area contributed by atoms with E-state index in [0.29, 0.717) is 0 Å². The van der Waals surface area contributed by atoms with Crippen LogP contribution in [0.25, 0.3) is 11.1 Å². The number of rotatable bonds is 4. The van der Waals surface area contributed by atoms with Gasteiger partial charge in [-0.05, 0) is 36.1 Å². The van der Waals surface area contributed by atoms with E-state index in [0.717, 1.165) is 22.3 Å². The van der Waals surface area contributed by atoms with Crippen molar-refractivity contribution in [2.24, 2.45) is 22.7 Å². The van der Waals surface area contributed by atoms with E-state index >= 15 is 0 Å². The van der Waals surface area contributed by atoms with Gasteiger partial charge in [0.15, 0.2) is 5.78 Å². The van der Waals surface area contributed by atoms with Crippen molar-refractivity contribution >= 4 is 28.9 Å². The molecule has 2 bridgehead atoms. The summed E-state index contributed by atoms with van der Waals surface area (Å²) in [6, 6.07) is 19.1. The predicted octanol–water partition coefficient (Wildman–Crippen LogP) is 3.78. The van der Waals surface area contributed by atoms with Crippen molar-refractivity contribution in [1.82, 2.24) is 0 Å².